The molecular weight excluding hydrogens is 180 g/mol. The van der Waals surface area contributed by atoms with Crippen molar-refractivity contribution in [3.63, 3.8) is 0 Å². The minimum Gasteiger partial charge on any atom is -0.399 e. The van der Waals surface area contributed by atoms with Gasteiger partial charge in [-0.1, -0.05) is 20.4 Å². The third-order valence-corrected chi connectivity index (χ3v) is 2.01. The molecule has 0 aliphatic carbocycles. The summed E-state index contributed by atoms with van der Waals surface area (Å²) in [6.07, 6.45) is 2.72. The third kappa shape index (κ3) is 3.43. The van der Waals surface area contributed by atoms with Crippen LogP contribution in [0.3, 0.4) is 0 Å². The molecule has 0 bridgehead atoms. The molecule has 0 unspecified atom stereocenters. The first-order valence-corrected chi connectivity index (χ1v) is 4.35. The molecule has 4 nitrogen and oxygen atoms in total. The first kappa shape index (κ1) is 12.4. The zero-order chi connectivity index (χ0) is 11.3. The maximum atomic E-state index is 10.7. The molecule has 0 amide bonds. The minimum atomic E-state index is -0.425. The summed E-state index contributed by atoms with van der Waals surface area (Å²) in [6.45, 7) is 8.97. The Morgan fingerprint density at radius 1 is 1.57 bits per heavy atom. The number of hydrogen-bond donors (Lipinski definition) is 1. The fraction of sp³-hybridized carbons (Fsp3) is 0.400. The summed E-state index contributed by atoms with van der Waals surface area (Å²) in [5.41, 5.74) is 6.52. The van der Waals surface area contributed by atoms with Crippen molar-refractivity contribution in [1.82, 2.24) is 0 Å². The molecule has 0 rings (SSSR count). The van der Waals surface area contributed by atoms with E-state index in [-0.39, 0.29) is 11.6 Å². The van der Waals surface area contributed by atoms with Crippen LogP contribution in [0, 0.1) is 16.0 Å². The van der Waals surface area contributed by atoms with Gasteiger partial charge in [-0.05, 0) is 18.9 Å². The number of hydrogen-bond acceptors (Lipinski definition) is 3. The molecule has 0 saturated carbocycles. The van der Waals surface area contributed by atoms with Gasteiger partial charge in [-0.15, -0.1) is 0 Å². The van der Waals surface area contributed by atoms with Crippen LogP contribution >= 0.6 is 0 Å². The van der Waals surface area contributed by atoms with Crippen molar-refractivity contribution in [3.8, 4) is 0 Å². The van der Waals surface area contributed by atoms with Gasteiger partial charge < -0.3 is 5.73 Å². The Labute approximate surface area is 83.9 Å². The molecule has 0 aromatic carbocycles. The first-order valence-electron chi connectivity index (χ1n) is 4.35. The van der Waals surface area contributed by atoms with Crippen molar-refractivity contribution < 1.29 is 4.92 Å². The third-order valence-electron chi connectivity index (χ3n) is 2.01. The summed E-state index contributed by atoms with van der Waals surface area (Å²) in [5, 5.41) is 10.7. The number of nitrogens with two attached hydrogens (primary N) is 1. The lowest BCUT2D eigenvalue weighted by molar-refractivity contribution is -0.420. The first-order chi connectivity index (χ1) is 6.40. The lowest BCUT2D eigenvalue weighted by Crippen LogP contribution is -2.06. The number of rotatable bonds is 4. The van der Waals surface area contributed by atoms with E-state index < -0.39 is 4.92 Å². The normalized spacial score (nSPS) is 13.9. The van der Waals surface area contributed by atoms with Crippen molar-refractivity contribution in [1.29, 1.82) is 0 Å². The topological polar surface area (TPSA) is 69.2 Å². The second kappa shape index (κ2) is 5.21. The second-order valence-corrected chi connectivity index (χ2v) is 3.33. The van der Waals surface area contributed by atoms with E-state index in [1.807, 2.05) is 13.8 Å². The maximum Gasteiger partial charge on any atom is 0.270 e. The Morgan fingerprint density at radius 3 is 2.36 bits per heavy atom. The predicted molar refractivity (Wildman–Crippen MR) is 57.0 cm³/mol. The highest BCUT2D eigenvalue weighted by Crippen LogP contribution is 2.16. The van der Waals surface area contributed by atoms with Gasteiger partial charge in [-0.2, -0.15) is 0 Å². The van der Waals surface area contributed by atoms with E-state index in [2.05, 4.69) is 6.58 Å². The van der Waals surface area contributed by atoms with Crippen LogP contribution in [0.4, 0.5) is 0 Å². The molecule has 0 aromatic rings. The van der Waals surface area contributed by atoms with Gasteiger partial charge >= 0.3 is 0 Å². The summed E-state index contributed by atoms with van der Waals surface area (Å²) in [6, 6.07) is 0. The van der Waals surface area contributed by atoms with E-state index in [9.17, 15) is 10.1 Å². The molecule has 0 radical (unpaired) electrons. The molecule has 0 fully saturated rings. The van der Waals surface area contributed by atoms with Gasteiger partial charge in [0.25, 0.3) is 5.70 Å². The maximum absolute atomic E-state index is 10.7. The van der Waals surface area contributed by atoms with Crippen molar-refractivity contribution in [2.75, 3.05) is 0 Å². The lowest BCUT2D eigenvalue weighted by Gasteiger charge is -2.04. The van der Waals surface area contributed by atoms with E-state index in [1.165, 1.54) is 12.2 Å². The van der Waals surface area contributed by atoms with Crippen LogP contribution in [0.2, 0.25) is 0 Å². The number of allylic oxidation sites excluding steroid dienone is 3. The van der Waals surface area contributed by atoms with Gasteiger partial charge in [0.2, 0.25) is 0 Å². The molecule has 4 heteroatoms. The van der Waals surface area contributed by atoms with Crippen molar-refractivity contribution >= 4 is 0 Å². The van der Waals surface area contributed by atoms with Crippen molar-refractivity contribution in [2.24, 2.45) is 11.7 Å². The molecule has 78 valence electrons. The molecule has 0 atom stereocenters. The Bertz CT molecular complexity index is 301. The molecular formula is C10H16N2O2. The van der Waals surface area contributed by atoms with Crippen LogP contribution in [0.1, 0.15) is 20.8 Å². The van der Waals surface area contributed by atoms with Gasteiger partial charge in [0.1, 0.15) is 0 Å². The fourth-order valence-electron chi connectivity index (χ4n) is 0.823. The van der Waals surface area contributed by atoms with Gasteiger partial charge in [-0.3, -0.25) is 10.1 Å². The molecule has 0 aliphatic heterocycles. The highest BCUT2D eigenvalue weighted by molar-refractivity contribution is 5.26. The van der Waals surface area contributed by atoms with Gasteiger partial charge in [0, 0.05) is 17.3 Å². The van der Waals surface area contributed by atoms with Crippen LogP contribution in [-0.2, 0) is 0 Å². The molecule has 14 heavy (non-hydrogen) atoms. The predicted octanol–water partition coefficient (Wildman–Crippen LogP) is 2.22. The Balaban J connectivity index is 5.26. The lowest BCUT2D eigenvalue weighted by atomic mass is 10.0. The molecule has 0 heterocycles. The van der Waals surface area contributed by atoms with E-state index >= 15 is 0 Å². The Morgan fingerprint density at radius 2 is 2.07 bits per heavy atom. The summed E-state index contributed by atoms with van der Waals surface area (Å²) in [4.78, 5) is 10.3. The Hall–Kier alpha value is -1.58. The van der Waals surface area contributed by atoms with Crippen LogP contribution in [-0.4, -0.2) is 4.92 Å². The number of nitrogens with zero attached hydrogens (tertiary/aromatic N) is 1. The van der Waals surface area contributed by atoms with E-state index in [1.54, 1.807) is 6.92 Å². The highest BCUT2D eigenvalue weighted by atomic mass is 16.6. The standard InChI is InChI=1S/C10H16N2O2/c1-5-9(11)6-10(12(13)14)8(4)7(2)3/h5-7H,1,11H2,2-4H3/b9-6+,10-8+. The quantitative estimate of drug-likeness (QED) is 0.426. The largest absolute Gasteiger partial charge is 0.399 e. The molecule has 0 saturated heterocycles. The smallest absolute Gasteiger partial charge is 0.270 e. The van der Waals surface area contributed by atoms with E-state index in [0.717, 1.165) is 0 Å². The van der Waals surface area contributed by atoms with Crippen molar-refractivity contribution in [3.05, 3.63) is 45.8 Å². The summed E-state index contributed by atoms with van der Waals surface area (Å²) in [7, 11) is 0. The number of nitro groups is 1. The van der Waals surface area contributed by atoms with Crippen LogP contribution in [0.15, 0.2) is 35.7 Å². The zero-order valence-electron chi connectivity index (χ0n) is 8.78. The van der Waals surface area contributed by atoms with E-state index in [4.69, 9.17) is 5.73 Å². The molecule has 2 N–H and O–H groups in total. The van der Waals surface area contributed by atoms with Crippen LogP contribution in [0.5, 0.6) is 0 Å². The minimum absolute atomic E-state index is 0.0531. The van der Waals surface area contributed by atoms with Gasteiger partial charge in [0.15, 0.2) is 0 Å². The average molecular weight is 196 g/mol. The summed E-state index contributed by atoms with van der Waals surface area (Å²) < 4.78 is 0. The summed E-state index contributed by atoms with van der Waals surface area (Å²) in [5.74, 6) is 0.129. The molecule has 0 aliphatic rings. The second-order valence-electron chi connectivity index (χ2n) is 3.33. The van der Waals surface area contributed by atoms with Crippen LogP contribution < -0.4 is 5.73 Å². The SMILES string of the molecule is C=C/C(N)=C\C(=C(\C)C(C)C)[N+](=O)[O-]. The molecule has 0 aromatic heterocycles. The average Bonchev–Trinajstić information content (AvgIpc) is 2.11. The van der Waals surface area contributed by atoms with Gasteiger partial charge in [0.05, 0.1) is 4.92 Å². The fourth-order valence-corrected chi connectivity index (χ4v) is 0.823. The monoisotopic (exact) mass is 196 g/mol. The summed E-state index contributed by atoms with van der Waals surface area (Å²) >= 11 is 0. The van der Waals surface area contributed by atoms with Crippen molar-refractivity contribution in [2.45, 2.75) is 20.8 Å². The Kier molecular flexibility index (Phi) is 4.63. The van der Waals surface area contributed by atoms with Gasteiger partial charge in [-0.25, -0.2) is 0 Å². The zero-order valence-corrected chi connectivity index (χ0v) is 8.78. The highest BCUT2D eigenvalue weighted by Gasteiger charge is 2.14. The van der Waals surface area contributed by atoms with Crippen LogP contribution in [0.25, 0.3) is 0 Å². The van der Waals surface area contributed by atoms with E-state index in [0.29, 0.717) is 11.3 Å². The molecule has 0 spiro atoms.